The maximum absolute atomic E-state index is 12.3. The SMILES string of the molecule is Nc1ccc(N2CCN(Cc3cccs3)C2=O)cc1. The number of nitrogen functional groups attached to an aromatic ring is 1. The van der Waals surface area contributed by atoms with Crippen LogP contribution >= 0.6 is 11.3 Å². The van der Waals surface area contributed by atoms with Crippen LogP contribution in [0.4, 0.5) is 16.2 Å². The Kier molecular flexibility index (Phi) is 3.13. The second-order valence-electron chi connectivity index (χ2n) is 4.53. The average molecular weight is 273 g/mol. The Labute approximate surface area is 116 Å². The molecule has 0 spiro atoms. The molecule has 1 saturated heterocycles. The molecule has 19 heavy (non-hydrogen) atoms. The van der Waals surface area contributed by atoms with Gasteiger partial charge in [-0.3, -0.25) is 4.90 Å². The number of nitrogens with two attached hydrogens (primary N) is 1. The lowest BCUT2D eigenvalue weighted by atomic mass is 10.2. The number of hydrogen-bond acceptors (Lipinski definition) is 3. The van der Waals surface area contributed by atoms with Gasteiger partial charge in [0, 0.05) is 29.3 Å². The van der Waals surface area contributed by atoms with Gasteiger partial charge in [0.1, 0.15) is 0 Å². The zero-order valence-electron chi connectivity index (χ0n) is 10.5. The minimum atomic E-state index is 0.0678. The van der Waals surface area contributed by atoms with E-state index in [1.54, 1.807) is 16.2 Å². The number of carbonyl (C=O) groups is 1. The van der Waals surface area contributed by atoms with E-state index in [-0.39, 0.29) is 6.03 Å². The molecule has 3 rings (SSSR count). The molecule has 2 aromatic rings. The molecule has 1 aromatic carbocycles. The minimum absolute atomic E-state index is 0.0678. The fourth-order valence-corrected chi connectivity index (χ4v) is 2.93. The third-order valence-corrected chi connectivity index (χ3v) is 4.09. The van der Waals surface area contributed by atoms with Crippen molar-refractivity contribution in [2.75, 3.05) is 23.7 Å². The van der Waals surface area contributed by atoms with Crippen molar-refractivity contribution in [3.05, 3.63) is 46.7 Å². The zero-order chi connectivity index (χ0) is 13.2. The molecule has 1 aliphatic rings. The van der Waals surface area contributed by atoms with Crippen molar-refractivity contribution in [3.8, 4) is 0 Å². The molecule has 1 aliphatic heterocycles. The number of nitrogens with zero attached hydrogens (tertiary/aromatic N) is 2. The largest absolute Gasteiger partial charge is 0.399 e. The van der Waals surface area contributed by atoms with E-state index >= 15 is 0 Å². The van der Waals surface area contributed by atoms with Crippen molar-refractivity contribution >= 4 is 28.7 Å². The van der Waals surface area contributed by atoms with Gasteiger partial charge in [-0.1, -0.05) is 6.07 Å². The molecule has 0 atom stereocenters. The second-order valence-corrected chi connectivity index (χ2v) is 5.56. The highest BCUT2D eigenvalue weighted by molar-refractivity contribution is 7.09. The molecule has 98 valence electrons. The van der Waals surface area contributed by atoms with Crippen LogP contribution < -0.4 is 10.6 Å². The van der Waals surface area contributed by atoms with Gasteiger partial charge in [-0.2, -0.15) is 0 Å². The third-order valence-electron chi connectivity index (χ3n) is 3.23. The number of benzene rings is 1. The summed E-state index contributed by atoms with van der Waals surface area (Å²) in [4.78, 5) is 17.2. The summed E-state index contributed by atoms with van der Waals surface area (Å²) in [6, 6.07) is 11.6. The quantitative estimate of drug-likeness (QED) is 0.874. The first-order valence-corrected chi connectivity index (χ1v) is 7.06. The molecule has 2 heterocycles. The van der Waals surface area contributed by atoms with Crippen LogP contribution in [0.2, 0.25) is 0 Å². The number of carbonyl (C=O) groups excluding carboxylic acids is 1. The van der Waals surface area contributed by atoms with Crippen molar-refractivity contribution in [2.45, 2.75) is 6.54 Å². The molecule has 0 unspecified atom stereocenters. The predicted molar refractivity (Wildman–Crippen MR) is 78.3 cm³/mol. The van der Waals surface area contributed by atoms with E-state index in [1.807, 2.05) is 40.6 Å². The Balaban J connectivity index is 1.73. The number of amides is 2. The molecule has 0 aliphatic carbocycles. The Morgan fingerprint density at radius 1 is 1.16 bits per heavy atom. The summed E-state index contributed by atoms with van der Waals surface area (Å²) in [5, 5.41) is 2.04. The van der Waals surface area contributed by atoms with Crippen molar-refractivity contribution in [3.63, 3.8) is 0 Å². The average Bonchev–Trinajstić information content (AvgIpc) is 3.03. The van der Waals surface area contributed by atoms with Crippen LogP contribution in [-0.4, -0.2) is 24.0 Å². The third kappa shape index (κ3) is 2.42. The molecular weight excluding hydrogens is 258 g/mol. The lowest BCUT2D eigenvalue weighted by Gasteiger charge is -2.18. The second kappa shape index (κ2) is 4.93. The Bertz CT molecular complexity index is 565. The normalized spacial score (nSPS) is 15.3. The first-order chi connectivity index (χ1) is 9.24. The number of urea groups is 1. The Morgan fingerprint density at radius 3 is 2.63 bits per heavy atom. The number of thiophene rings is 1. The van der Waals surface area contributed by atoms with E-state index in [0.717, 1.165) is 18.8 Å². The monoisotopic (exact) mass is 273 g/mol. The van der Waals surface area contributed by atoms with Crippen LogP contribution in [0.15, 0.2) is 41.8 Å². The Hall–Kier alpha value is -2.01. The number of anilines is 2. The Morgan fingerprint density at radius 2 is 1.95 bits per heavy atom. The molecule has 0 bridgehead atoms. The highest BCUT2D eigenvalue weighted by Gasteiger charge is 2.29. The van der Waals surface area contributed by atoms with E-state index in [0.29, 0.717) is 12.2 Å². The van der Waals surface area contributed by atoms with Crippen LogP contribution in [0.25, 0.3) is 0 Å². The van der Waals surface area contributed by atoms with Gasteiger partial charge in [0.15, 0.2) is 0 Å². The van der Waals surface area contributed by atoms with Crippen LogP contribution in [0.1, 0.15) is 4.88 Å². The van der Waals surface area contributed by atoms with Gasteiger partial charge in [0.2, 0.25) is 0 Å². The fourth-order valence-electron chi connectivity index (χ4n) is 2.21. The summed E-state index contributed by atoms with van der Waals surface area (Å²) in [6.45, 7) is 2.19. The number of hydrogen-bond donors (Lipinski definition) is 1. The van der Waals surface area contributed by atoms with Gasteiger partial charge >= 0.3 is 6.03 Å². The molecule has 4 nitrogen and oxygen atoms in total. The van der Waals surface area contributed by atoms with Crippen molar-refractivity contribution in [2.24, 2.45) is 0 Å². The van der Waals surface area contributed by atoms with Gasteiger partial charge in [-0.15, -0.1) is 11.3 Å². The summed E-state index contributed by atoms with van der Waals surface area (Å²) in [6.07, 6.45) is 0. The molecule has 2 N–H and O–H groups in total. The predicted octanol–water partition coefficient (Wildman–Crippen LogP) is 2.77. The van der Waals surface area contributed by atoms with E-state index in [4.69, 9.17) is 5.73 Å². The lowest BCUT2D eigenvalue weighted by molar-refractivity contribution is 0.219. The van der Waals surface area contributed by atoms with Gasteiger partial charge in [0.25, 0.3) is 0 Å². The number of rotatable bonds is 3. The summed E-state index contributed by atoms with van der Waals surface area (Å²) < 4.78 is 0. The maximum atomic E-state index is 12.3. The standard InChI is InChI=1S/C14H15N3OS/c15-11-3-5-12(6-4-11)17-8-7-16(14(17)18)10-13-2-1-9-19-13/h1-6,9H,7-8,10,15H2. The summed E-state index contributed by atoms with van der Waals surface area (Å²) >= 11 is 1.68. The van der Waals surface area contributed by atoms with Gasteiger partial charge in [-0.25, -0.2) is 4.79 Å². The molecule has 0 saturated carbocycles. The molecular formula is C14H15N3OS. The van der Waals surface area contributed by atoms with Gasteiger partial charge in [-0.05, 0) is 35.7 Å². The van der Waals surface area contributed by atoms with Crippen molar-refractivity contribution in [1.29, 1.82) is 0 Å². The zero-order valence-corrected chi connectivity index (χ0v) is 11.3. The first-order valence-electron chi connectivity index (χ1n) is 6.18. The van der Waals surface area contributed by atoms with E-state index in [9.17, 15) is 4.79 Å². The van der Waals surface area contributed by atoms with Crippen LogP contribution in [0.3, 0.4) is 0 Å². The smallest absolute Gasteiger partial charge is 0.324 e. The van der Waals surface area contributed by atoms with Crippen molar-refractivity contribution in [1.82, 2.24) is 4.90 Å². The summed E-state index contributed by atoms with van der Waals surface area (Å²) in [5.74, 6) is 0. The van der Waals surface area contributed by atoms with Gasteiger partial charge in [0.05, 0.1) is 6.54 Å². The fraction of sp³-hybridized carbons (Fsp3) is 0.214. The highest BCUT2D eigenvalue weighted by atomic mass is 32.1. The molecule has 5 heteroatoms. The molecule has 1 aromatic heterocycles. The van der Waals surface area contributed by atoms with Crippen LogP contribution in [0.5, 0.6) is 0 Å². The first kappa shape index (κ1) is 12.0. The summed E-state index contributed by atoms with van der Waals surface area (Å²) in [5.41, 5.74) is 7.29. The maximum Gasteiger partial charge on any atom is 0.324 e. The topological polar surface area (TPSA) is 49.6 Å². The highest BCUT2D eigenvalue weighted by Crippen LogP contribution is 2.23. The van der Waals surface area contributed by atoms with E-state index < -0.39 is 0 Å². The van der Waals surface area contributed by atoms with Crippen molar-refractivity contribution < 1.29 is 4.79 Å². The molecule has 0 radical (unpaired) electrons. The van der Waals surface area contributed by atoms with E-state index in [1.165, 1.54) is 4.88 Å². The lowest BCUT2D eigenvalue weighted by Crippen LogP contribution is -2.31. The van der Waals surface area contributed by atoms with Crippen LogP contribution in [-0.2, 0) is 6.54 Å². The molecule has 2 amide bonds. The van der Waals surface area contributed by atoms with E-state index in [2.05, 4.69) is 6.07 Å². The van der Waals surface area contributed by atoms with Crippen LogP contribution in [0, 0.1) is 0 Å². The minimum Gasteiger partial charge on any atom is -0.399 e. The summed E-state index contributed by atoms with van der Waals surface area (Å²) in [7, 11) is 0. The van der Waals surface area contributed by atoms with Gasteiger partial charge < -0.3 is 10.6 Å². The molecule has 1 fully saturated rings.